The Morgan fingerprint density at radius 2 is 1.70 bits per heavy atom. The molecule has 2 aromatic rings. The fraction of sp³-hybridized carbons (Fsp3) is 0.278. The SMILES string of the molecule is COc1ccccc1OCCN(C)CC(=O)Nc1ccccc1. The summed E-state index contributed by atoms with van der Waals surface area (Å²) >= 11 is 0. The van der Waals surface area contributed by atoms with Crippen LogP contribution in [0.25, 0.3) is 0 Å². The number of nitrogens with zero attached hydrogens (tertiary/aromatic N) is 1. The Balaban J connectivity index is 1.72. The quantitative estimate of drug-likeness (QED) is 0.814. The van der Waals surface area contributed by atoms with Gasteiger partial charge in [-0.1, -0.05) is 30.3 Å². The van der Waals surface area contributed by atoms with Gasteiger partial charge in [0.05, 0.1) is 13.7 Å². The van der Waals surface area contributed by atoms with E-state index >= 15 is 0 Å². The van der Waals surface area contributed by atoms with E-state index in [2.05, 4.69) is 5.32 Å². The van der Waals surface area contributed by atoms with Gasteiger partial charge >= 0.3 is 0 Å². The second-order valence-electron chi connectivity index (χ2n) is 5.15. The molecule has 5 nitrogen and oxygen atoms in total. The van der Waals surface area contributed by atoms with E-state index < -0.39 is 0 Å². The van der Waals surface area contributed by atoms with E-state index in [1.807, 2.05) is 66.5 Å². The molecule has 0 spiro atoms. The number of hydrogen-bond acceptors (Lipinski definition) is 4. The Kier molecular flexibility index (Phi) is 6.44. The van der Waals surface area contributed by atoms with Gasteiger partial charge in [-0.15, -0.1) is 0 Å². The smallest absolute Gasteiger partial charge is 0.238 e. The van der Waals surface area contributed by atoms with Crippen molar-refractivity contribution in [2.24, 2.45) is 0 Å². The van der Waals surface area contributed by atoms with Crippen LogP contribution in [0.5, 0.6) is 11.5 Å². The van der Waals surface area contributed by atoms with E-state index in [4.69, 9.17) is 9.47 Å². The molecule has 0 atom stereocenters. The molecule has 0 saturated heterocycles. The highest BCUT2D eigenvalue weighted by Crippen LogP contribution is 2.25. The normalized spacial score (nSPS) is 10.4. The number of carbonyl (C=O) groups excluding carboxylic acids is 1. The highest BCUT2D eigenvalue weighted by Gasteiger charge is 2.08. The van der Waals surface area contributed by atoms with Gasteiger partial charge in [-0.25, -0.2) is 0 Å². The van der Waals surface area contributed by atoms with E-state index in [0.29, 0.717) is 31.2 Å². The lowest BCUT2D eigenvalue weighted by atomic mass is 10.3. The summed E-state index contributed by atoms with van der Waals surface area (Å²) in [6.07, 6.45) is 0. The van der Waals surface area contributed by atoms with Crippen LogP contribution in [0.15, 0.2) is 54.6 Å². The minimum atomic E-state index is -0.0454. The molecule has 0 fully saturated rings. The van der Waals surface area contributed by atoms with Gasteiger partial charge in [0, 0.05) is 12.2 Å². The summed E-state index contributed by atoms with van der Waals surface area (Å²) in [5, 5.41) is 2.86. The first-order valence-corrected chi connectivity index (χ1v) is 7.48. The number of para-hydroxylation sites is 3. The third-order valence-corrected chi connectivity index (χ3v) is 3.27. The van der Waals surface area contributed by atoms with Crippen molar-refractivity contribution in [3.8, 4) is 11.5 Å². The van der Waals surface area contributed by atoms with Gasteiger partial charge < -0.3 is 14.8 Å². The Morgan fingerprint density at radius 3 is 2.39 bits per heavy atom. The first-order valence-electron chi connectivity index (χ1n) is 7.48. The Bertz CT molecular complexity index is 617. The Morgan fingerprint density at radius 1 is 1.04 bits per heavy atom. The topological polar surface area (TPSA) is 50.8 Å². The summed E-state index contributed by atoms with van der Waals surface area (Å²) in [5.74, 6) is 1.37. The number of anilines is 1. The highest BCUT2D eigenvalue weighted by molar-refractivity contribution is 5.92. The first kappa shape index (κ1) is 16.8. The summed E-state index contributed by atoms with van der Waals surface area (Å²) in [6.45, 7) is 1.43. The molecule has 0 aliphatic carbocycles. The number of hydrogen-bond donors (Lipinski definition) is 1. The Labute approximate surface area is 136 Å². The molecule has 1 N–H and O–H groups in total. The molecule has 0 unspecified atom stereocenters. The summed E-state index contributed by atoms with van der Waals surface area (Å²) in [4.78, 5) is 13.9. The molecule has 0 heterocycles. The van der Waals surface area contributed by atoms with Crippen molar-refractivity contribution in [3.05, 3.63) is 54.6 Å². The average molecular weight is 314 g/mol. The number of rotatable bonds is 8. The summed E-state index contributed by atoms with van der Waals surface area (Å²) < 4.78 is 10.9. The number of ether oxygens (including phenoxy) is 2. The van der Waals surface area contributed by atoms with Gasteiger partial charge in [-0.3, -0.25) is 9.69 Å². The van der Waals surface area contributed by atoms with E-state index in [1.54, 1.807) is 7.11 Å². The largest absolute Gasteiger partial charge is 0.493 e. The summed E-state index contributed by atoms with van der Waals surface area (Å²) in [6, 6.07) is 16.9. The van der Waals surface area contributed by atoms with Crippen LogP contribution in [0.1, 0.15) is 0 Å². The molecule has 0 aromatic heterocycles. The minimum absolute atomic E-state index is 0.0454. The molecule has 122 valence electrons. The molecule has 23 heavy (non-hydrogen) atoms. The van der Waals surface area contributed by atoms with E-state index in [-0.39, 0.29) is 5.91 Å². The van der Waals surface area contributed by atoms with Crippen molar-refractivity contribution >= 4 is 11.6 Å². The van der Waals surface area contributed by atoms with Gasteiger partial charge in [-0.2, -0.15) is 0 Å². The number of likely N-dealkylation sites (N-methyl/N-ethyl adjacent to an activating group) is 1. The molecule has 2 rings (SSSR count). The van der Waals surface area contributed by atoms with Crippen LogP contribution in [0.4, 0.5) is 5.69 Å². The standard InChI is InChI=1S/C18H22N2O3/c1-20(14-18(21)19-15-8-4-3-5-9-15)12-13-23-17-11-7-6-10-16(17)22-2/h3-11H,12-14H2,1-2H3,(H,19,21). The van der Waals surface area contributed by atoms with Gasteiger partial charge in [0.25, 0.3) is 0 Å². The molecule has 1 amide bonds. The maximum absolute atomic E-state index is 11.9. The van der Waals surface area contributed by atoms with Crippen LogP contribution in [0.2, 0.25) is 0 Å². The van der Waals surface area contributed by atoms with Gasteiger partial charge in [-0.05, 0) is 31.3 Å². The van der Waals surface area contributed by atoms with Crippen LogP contribution in [0.3, 0.4) is 0 Å². The molecule has 2 aromatic carbocycles. The number of carbonyl (C=O) groups is 1. The monoisotopic (exact) mass is 314 g/mol. The molecule has 5 heteroatoms. The number of amides is 1. The molecule has 0 saturated carbocycles. The van der Waals surface area contributed by atoms with Crippen LogP contribution < -0.4 is 14.8 Å². The van der Waals surface area contributed by atoms with Crippen molar-refractivity contribution in [2.45, 2.75) is 0 Å². The summed E-state index contributed by atoms with van der Waals surface area (Å²) in [5.41, 5.74) is 0.802. The van der Waals surface area contributed by atoms with E-state index in [9.17, 15) is 4.79 Å². The molecular weight excluding hydrogens is 292 g/mol. The fourth-order valence-electron chi connectivity index (χ4n) is 2.10. The number of benzene rings is 2. The predicted octanol–water partition coefficient (Wildman–Crippen LogP) is 2.64. The molecular formula is C18H22N2O3. The first-order chi connectivity index (χ1) is 11.2. The lowest BCUT2D eigenvalue weighted by Crippen LogP contribution is -2.33. The maximum atomic E-state index is 11.9. The number of nitrogens with one attached hydrogen (secondary N) is 1. The molecule has 0 bridgehead atoms. The lowest BCUT2D eigenvalue weighted by Gasteiger charge is -2.17. The van der Waals surface area contributed by atoms with Crippen molar-refractivity contribution < 1.29 is 14.3 Å². The van der Waals surface area contributed by atoms with Gasteiger partial charge in [0.2, 0.25) is 5.91 Å². The summed E-state index contributed by atoms with van der Waals surface area (Å²) in [7, 11) is 3.50. The van der Waals surface area contributed by atoms with E-state index in [1.165, 1.54) is 0 Å². The van der Waals surface area contributed by atoms with Crippen LogP contribution >= 0.6 is 0 Å². The fourth-order valence-corrected chi connectivity index (χ4v) is 2.10. The van der Waals surface area contributed by atoms with E-state index in [0.717, 1.165) is 5.69 Å². The van der Waals surface area contributed by atoms with Crippen LogP contribution in [0, 0.1) is 0 Å². The van der Waals surface area contributed by atoms with Crippen molar-refractivity contribution in [3.63, 3.8) is 0 Å². The van der Waals surface area contributed by atoms with Crippen LogP contribution in [-0.4, -0.2) is 44.7 Å². The zero-order chi connectivity index (χ0) is 16.5. The minimum Gasteiger partial charge on any atom is -0.493 e. The second-order valence-corrected chi connectivity index (χ2v) is 5.15. The molecule has 0 aliphatic heterocycles. The lowest BCUT2D eigenvalue weighted by molar-refractivity contribution is -0.117. The third-order valence-electron chi connectivity index (χ3n) is 3.27. The van der Waals surface area contributed by atoms with Gasteiger partial charge in [0.15, 0.2) is 11.5 Å². The van der Waals surface area contributed by atoms with Crippen molar-refractivity contribution in [1.29, 1.82) is 0 Å². The molecule has 0 radical (unpaired) electrons. The average Bonchev–Trinajstić information content (AvgIpc) is 2.56. The highest BCUT2D eigenvalue weighted by atomic mass is 16.5. The second kappa shape index (κ2) is 8.80. The number of methoxy groups -OCH3 is 1. The zero-order valence-corrected chi connectivity index (χ0v) is 13.5. The molecule has 0 aliphatic rings. The van der Waals surface area contributed by atoms with Crippen molar-refractivity contribution in [1.82, 2.24) is 4.90 Å². The Hall–Kier alpha value is -2.53. The predicted molar refractivity (Wildman–Crippen MR) is 91.1 cm³/mol. The van der Waals surface area contributed by atoms with Crippen molar-refractivity contribution in [2.75, 3.05) is 39.2 Å². The maximum Gasteiger partial charge on any atom is 0.238 e. The van der Waals surface area contributed by atoms with Crippen LogP contribution in [-0.2, 0) is 4.79 Å². The third kappa shape index (κ3) is 5.64. The van der Waals surface area contributed by atoms with Gasteiger partial charge in [0.1, 0.15) is 6.61 Å². The zero-order valence-electron chi connectivity index (χ0n) is 13.5.